The van der Waals surface area contributed by atoms with Gasteiger partial charge in [0.25, 0.3) is 0 Å². The van der Waals surface area contributed by atoms with Crippen LogP contribution in [0.2, 0.25) is 0 Å². The minimum Gasteiger partial charge on any atom is -0.477 e. The second-order valence-electron chi connectivity index (χ2n) is 5.06. The SMILES string of the molecule is Cc1cccc(Cn2c(C(=O)O)c(Br)c3ccccc32)c1. The molecule has 0 amide bonds. The molecular weight excluding hydrogens is 330 g/mol. The Morgan fingerprint density at radius 3 is 2.67 bits per heavy atom. The molecule has 0 bridgehead atoms. The van der Waals surface area contributed by atoms with E-state index in [0.717, 1.165) is 16.5 Å². The Bertz CT molecular complexity index is 836. The number of para-hydroxylation sites is 1. The molecule has 0 saturated heterocycles. The van der Waals surface area contributed by atoms with Crippen molar-refractivity contribution in [1.82, 2.24) is 4.57 Å². The molecule has 3 aromatic rings. The van der Waals surface area contributed by atoms with Gasteiger partial charge in [0, 0.05) is 11.9 Å². The van der Waals surface area contributed by atoms with E-state index in [0.29, 0.717) is 11.0 Å². The molecule has 21 heavy (non-hydrogen) atoms. The summed E-state index contributed by atoms with van der Waals surface area (Å²) in [7, 11) is 0. The zero-order valence-corrected chi connectivity index (χ0v) is 13.1. The fourth-order valence-electron chi connectivity index (χ4n) is 2.63. The topological polar surface area (TPSA) is 42.2 Å². The van der Waals surface area contributed by atoms with Crippen molar-refractivity contribution in [1.29, 1.82) is 0 Å². The number of nitrogens with zero attached hydrogens (tertiary/aromatic N) is 1. The monoisotopic (exact) mass is 343 g/mol. The van der Waals surface area contributed by atoms with Crippen LogP contribution in [-0.2, 0) is 6.54 Å². The standard InChI is InChI=1S/C17H14BrNO2/c1-11-5-4-6-12(9-11)10-19-14-8-3-2-7-13(14)15(18)16(19)17(20)21/h2-9H,10H2,1H3,(H,20,21). The number of rotatable bonds is 3. The highest BCUT2D eigenvalue weighted by Gasteiger charge is 2.20. The molecular formula is C17H14BrNO2. The van der Waals surface area contributed by atoms with Crippen molar-refractivity contribution >= 4 is 32.8 Å². The van der Waals surface area contributed by atoms with Gasteiger partial charge in [-0.25, -0.2) is 4.79 Å². The van der Waals surface area contributed by atoms with Crippen LogP contribution in [0.25, 0.3) is 10.9 Å². The Morgan fingerprint density at radius 1 is 1.19 bits per heavy atom. The van der Waals surface area contributed by atoms with E-state index in [4.69, 9.17) is 0 Å². The summed E-state index contributed by atoms with van der Waals surface area (Å²) < 4.78 is 2.48. The summed E-state index contributed by atoms with van der Waals surface area (Å²) in [5.41, 5.74) is 3.46. The quantitative estimate of drug-likeness (QED) is 0.762. The zero-order valence-electron chi connectivity index (χ0n) is 11.5. The van der Waals surface area contributed by atoms with Gasteiger partial charge < -0.3 is 9.67 Å². The molecule has 0 aliphatic rings. The van der Waals surface area contributed by atoms with Crippen LogP contribution >= 0.6 is 15.9 Å². The predicted octanol–water partition coefficient (Wildman–Crippen LogP) is 4.46. The molecule has 0 aliphatic heterocycles. The van der Waals surface area contributed by atoms with Crippen molar-refractivity contribution in [3.63, 3.8) is 0 Å². The van der Waals surface area contributed by atoms with Crippen molar-refractivity contribution in [2.75, 3.05) is 0 Å². The number of aryl methyl sites for hydroxylation is 1. The third kappa shape index (κ3) is 2.47. The van der Waals surface area contributed by atoms with E-state index in [2.05, 4.69) is 22.0 Å². The molecule has 1 heterocycles. The van der Waals surface area contributed by atoms with Gasteiger partial charge in [-0.1, -0.05) is 48.0 Å². The Labute approximate surface area is 131 Å². The van der Waals surface area contributed by atoms with E-state index in [-0.39, 0.29) is 5.69 Å². The predicted molar refractivity (Wildman–Crippen MR) is 86.9 cm³/mol. The van der Waals surface area contributed by atoms with Gasteiger partial charge in [-0.2, -0.15) is 0 Å². The molecule has 0 atom stereocenters. The number of carbonyl (C=O) groups is 1. The molecule has 0 spiro atoms. The molecule has 0 unspecified atom stereocenters. The summed E-state index contributed by atoms with van der Waals surface area (Å²) >= 11 is 3.43. The van der Waals surface area contributed by atoms with Crippen molar-refractivity contribution in [2.45, 2.75) is 13.5 Å². The van der Waals surface area contributed by atoms with Crippen LogP contribution in [0.4, 0.5) is 0 Å². The number of aromatic carboxylic acids is 1. The van der Waals surface area contributed by atoms with Crippen molar-refractivity contribution in [3.8, 4) is 0 Å². The minimum absolute atomic E-state index is 0.290. The summed E-state index contributed by atoms with van der Waals surface area (Å²) in [4.78, 5) is 11.6. The summed E-state index contributed by atoms with van der Waals surface area (Å²) in [6.45, 7) is 2.57. The highest BCUT2D eigenvalue weighted by atomic mass is 79.9. The minimum atomic E-state index is -0.925. The largest absolute Gasteiger partial charge is 0.477 e. The third-order valence-electron chi connectivity index (χ3n) is 3.53. The van der Waals surface area contributed by atoms with E-state index in [1.54, 1.807) is 0 Å². The number of carboxylic acid groups (broad SMARTS) is 1. The maximum absolute atomic E-state index is 11.6. The lowest BCUT2D eigenvalue weighted by Gasteiger charge is -2.09. The lowest BCUT2D eigenvalue weighted by Crippen LogP contribution is -2.10. The summed E-state index contributed by atoms with van der Waals surface area (Å²) in [6.07, 6.45) is 0. The highest BCUT2D eigenvalue weighted by Crippen LogP contribution is 2.31. The molecule has 0 aliphatic carbocycles. The fourth-order valence-corrected chi connectivity index (χ4v) is 3.35. The first-order valence-electron chi connectivity index (χ1n) is 6.63. The lowest BCUT2D eigenvalue weighted by atomic mass is 10.1. The van der Waals surface area contributed by atoms with E-state index >= 15 is 0 Å². The zero-order chi connectivity index (χ0) is 15.0. The van der Waals surface area contributed by atoms with Gasteiger partial charge in [0.1, 0.15) is 5.69 Å². The van der Waals surface area contributed by atoms with Gasteiger partial charge in [-0.05, 0) is 34.5 Å². The molecule has 2 aromatic carbocycles. The van der Waals surface area contributed by atoms with E-state index < -0.39 is 5.97 Å². The normalized spacial score (nSPS) is 11.0. The van der Waals surface area contributed by atoms with Gasteiger partial charge in [0.2, 0.25) is 0 Å². The Balaban J connectivity index is 2.21. The second kappa shape index (κ2) is 5.37. The number of halogens is 1. The number of carboxylic acids is 1. The number of aromatic nitrogens is 1. The van der Waals surface area contributed by atoms with Crippen molar-refractivity contribution in [2.24, 2.45) is 0 Å². The van der Waals surface area contributed by atoms with Crippen LogP contribution in [0.5, 0.6) is 0 Å². The molecule has 0 radical (unpaired) electrons. The summed E-state index contributed by atoms with van der Waals surface area (Å²) in [5.74, 6) is -0.925. The molecule has 3 nitrogen and oxygen atoms in total. The van der Waals surface area contributed by atoms with Gasteiger partial charge in [-0.3, -0.25) is 0 Å². The van der Waals surface area contributed by atoms with E-state index in [1.165, 1.54) is 5.56 Å². The van der Waals surface area contributed by atoms with Gasteiger partial charge in [0.05, 0.1) is 9.99 Å². The average molecular weight is 344 g/mol. The number of hydrogen-bond acceptors (Lipinski definition) is 1. The van der Waals surface area contributed by atoms with Crippen LogP contribution in [0.1, 0.15) is 21.6 Å². The summed E-state index contributed by atoms with van der Waals surface area (Å²) in [5, 5.41) is 10.4. The maximum atomic E-state index is 11.6. The molecule has 1 aromatic heterocycles. The Morgan fingerprint density at radius 2 is 1.95 bits per heavy atom. The first kappa shape index (κ1) is 13.9. The fraction of sp³-hybridized carbons (Fsp3) is 0.118. The van der Waals surface area contributed by atoms with Crippen LogP contribution in [0.3, 0.4) is 0 Å². The van der Waals surface area contributed by atoms with Crippen LogP contribution in [0, 0.1) is 6.92 Å². The molecule has 4 heteroatoms. The molecule has 1 N–H and O–H groups in total. The molecule has 3 rings (SSSR count). The second-order valence-corrected chi connectivity index (χ2v) is 5.85. The number of benzene rings is 2. The van der Waals surface area contributed by atoms with E-state index in [9.17, 15) is 9.90 Å². The van der Waals surface area contributed by atoms with Crippen molar-refractivity contribution < 1.29 is 9.90 Å². The van der Waals surface area contributed by atoms with E-state index in [1.807, 2.05) is 54.0 Å². The summed E-state index contributed by atoms with van der Waals surface area (Å²) in [6, 6.07) is 15.8. The first-order chi connectivity index (χ1) is 10.1. The Kier molecular flexibility index (Phi) is 3.55. The smallest absolute Gasteiger partial charge is 0.353 e. The van der Waals surface area contributed by atoms with Gasteiger partial charge in [0.15, 0.2) is 0 Å². The first-order valence-corrected chi connectivity index (χ1v) is 7.43. The van der Waals surface area contributed by atoms with Crippen molar-refractivity contribution in [3.05, 3.63) is 69.8 Å². The third-order valence-corrected chi connectivity index (χ3v) is 4.34. The number of hydrogen-bond donors (Lipinski definition) is 1. The van der Waals surface area contributed by atoms with Gasteiger partial charge >= 0.3 is 5.97 Å². The number of fused-ring (bicyclic) bond motifs is 1. The lowest BCUT2D eigenvalue weighted by molar-refractivity contribution is 0.0685. The van der Waals surface area contributed by atoms with Gasteiger partial charge in [-0.15, -0.1) is 0 Å². The molecule has 0 saturated carbocycles. The van der Waals surface area contributed by atoms with Crippen LogP contribution < -0.4 is 0 Å². The maximum Gasteiger partial charge on any atom is 0.353 e. The Hall–Kier alpha value is -2.07. The van der Waals surface area contributed by atoms with Crippen LogP contribution in [0.15, 0.2) is 53.0 Å². The highest BCUT2D eigenvalue weighted by molar-refractivity contribution is 9.10. The molecule has 106 valence electrons. The van der Waals surface area contributed by atoms with Crippen LogP contribution in [-0.4, -0.2) is 15.6 Å². The molecule has 0 fully saturated rings. The average Bonchev–Trinajstić information content (AvgIpc) is 2.73.